The predicted molar refractivity (Wildman–Crippen MR) is 80.8 cm³/mol. The monoisotopic (exact) mass is 381 g/mol. The molecule has 0 bridgehead atoms. The van der Waals surface area contributed by atoms with Crippen LogP contribution in [-0.4, -0.2) is 36.4 Å². The number of nitrogens with zero attached hydrogens (tertiary/aromatic N) is 1. The van der Waals surface area contributed by atoms with Gasteiger partial charge < -0.3 is 5.11 Å². The Bertz CT molecular complexity index is 605. The molecule has 1 saturated carbocycles. The van der Waals surface area contributed by atoms with Crippen LogP contribution in [0.2, 0.25) is 0 Å². The Kier molecular flexibility index (Phi) is 4.88. The molecule has 0 aromatic carbocycles. The second-order valence-electron chi connectivity index (χ2n) is 4.70. The molecule has 1 aromatic rings. The summed E-state index contributed by atoms with van der Waals surface area (Å²) in [5.41, 5.74) is 0. The van der Waals surface area contributed by atoms with Crippen LogP contribution >= 0.6 is 27.3 Å². The largest absolute Gasteiger partial charge is 0.477 e. The molecule has 112 valence electrons. The third-order valence-electron chi connectivity index (χ3n) is 3.50. The Balaban J connectivity index is 2.40. The highest BCUT2D eigenvalue weighted by Crippen LogP contribution is 2.36. The van der Waals surface area contributed by atoms with Crippen molar-refractivity contribution in [1.29, 1.82) is 0 Å². The van der Waals surface area contributed by atoms with Crippen molar-refractivity contribution in [3.8, 4) is 0 Å². The van der Waals surface area contributed by atoms with Crippen molar-refractivity contribution in [2.24, 2.45) is 0 Å². The van der Waals surface area contributed by atoms with E-state index in [1.807, 2.05) is 6.92 Å². The molecule has 1 heterocycles. The first-order valence-electron chi connectivity index (χ1n) is 6.42. The van der Waals surface area contributed by atoms with Crippen LogP contribution in [0.5, 0.6) is 0 Å². The molecule has 20 heavy (non-hydrogen) atoms. The second kappa shape index (κ2) is 6.13. The molecule has 0 aliphatic heterocycles. The maximum Gasteiger partial charge on any atom is 0.345 e. The third kappa shape index (κ3) is 2.93. The van der Waals surface area contributed by atoms with Gasteiger partial charge in [0.15, 0.2) is 0 Å². The summed E-state index contributed by atoms with van der Waals surface area (Å²) in [7, 11) is -3.64. The van der Waals surface area contributed by atoms with Crippen molar-refractivity contribution < 1.29 is 18.3 Å². The van der Waals surface area contributed by atoms with Crippen LogP contribution in [0.4, 0.5) is 0 Å². The fraction of sp³-hybridized carbons (Fsp3) is 0.583. The number of hydrogen-bond acceptors (Lipinski definition) is 4. The minimum Gasteiger partial charge on any atom is -0.477 e. The molecule has 0 saturated heterocycles. The molecule has 0 spiro atoms. The van der Waals surface area contributed by atoms with Gasteiger partial charge in [-0.1, -0.05) is 19.8 Å². The smallest absolute Gasteiger partial charge is 0.345 e. The maximum absolute atomic E-state index is 12.7. The zero-order chi connectivity index (χ0) is 14.9. The number of thiophene rings is 1. The maximum atomic E-state index is 12.7. The van der Waals surface area contributed by atoms with E-state index in [-0.39, 0.29) is 15.8 Å². The lowest BCUT2D eigenvalue weighted by Gasteiger charge is -2.26. The first-order valence-corrected chi connectivity index (χ1v) is 9.47. The summed E-state index contributed by atoms with van der Waals surface area (Å²) in [5.74, 6) is -1.11. The molecular weight excluding hydrogens is 366 g/mol. The number of carbonyl (C=O) groups is 1. The number of rotatable bonds is 5. The third-order valence-corrected chi connectivity index (χ3v) is 7.76. The fourth-order valence-corrected chi connectivity index (χ4v) is 6.63. The topological polar surface area (TPSA) is 74.7 Å². The molecule has 0 atom stereocenters. The van der Waals surface area contributed by atoms with Crippen LogP contribution in [0.25, 0.3) is 0 Å². The van der Waals surface area contributed by atoms with Gasteiger partial charge in [-0.2, -0.15) is 4.31 Å². The van der Waals surface area contributed by atoms with Crippen molar-refractivity contribution in [3.63, 3.8) is 0 Å². The van der Waals surface area contributed by atoms with Gasteiger partial charge in [-0.05, 0) is 34.8 Å². The lowest BCUT2D eigenvalue weighted by Crippen LogP contribution is -2.38. The molecule has 0 unspecified atom stereocenters. The molecule has 0 amide bonds. The van der Waals surface area contributed by atoms with E-state index in [0.717, 1.165) is 37.0 Å². The van der Waals surface area contributed by atoms with Crippen LogP contribution in [-0.2, 0) is 10.0 Å². The SMILES string of the molecule is CCN(C1CCCC1)S(=O)(=O)c1cc(C(=O)O)sc1Br. The quantitative estimate of drug-likeness (QED) is 0.849. The first-order chi connectivity index (χ1) is 9.37. The van der Waals surface area contributed by atoms with Crippen molar-refractivity contribution in [1.82, 2.24) is 4.31 Å². The van der Waals surface area contributed by atoms with Gasteiger partial charge in [0.1, 0.15) is 9.77 Å². The van der Waals surface area contributed by atoms with E-state index >= 15 is 0 Å². The van der Waals surface area contributed by atoms with E-state index in [1.165, 1.54) is 10.4 Å². The van der Waals surface area contributed by atoms with E-state index in [2.05, 4.69) is 15.9 Å². The molecule has 2 rings (SSSR count). The van der Waals surface area contributed by atoms with Gasteiger partial charge in [-0.25, -0.2) is 13.2 Å². The number of sulfonamides is 1. The number of carboxylic acids is 1. The summed E-state index contributed by atoms with van der Waals surface area (Å²) in [5, 5.41) is 8.98. The van der Waals surface area contributed by atoms with Gasteiger partial charge in [0.05, 0.1) is 3.79 Å². The molecule has 0 radical (unpaired) electrons. The van der Waals surface area contributed by atoms with Crippen LogP contribution in [0.15, 0.2) is 14.7 Å². The van der Waals surface area contributed by atoms with Gasteiger partial charge in [0, 0.05) is 12.6 Å². The Hall–Kier alpha value is -0.440. The minimum absolute atomic E-state index is 0.0259. The van der Waals surface area contributed by atoms with Crippen LogP contribution in [0.3, 0.4) is 0 Å². The number of carboxylic acid groups (broad SMARTS) is 1. The van der Waals surface area contributed by atoms with E-state index in [1.54, 1.807) is 0 Å². The molecule has 1 N–H and O–H groups in total. The zero-order valence-electron chi connectivity index (χ0n) is 11.0. The van der Waals surface area contributed by atoms with Crippen LogP contribution in [0, 0.1) is 0 Å². The number of halogens is 1. The summed E-state index contributed by atoms with van der Waals surface area (Å²) < 4.78 is 27.3. The average molecular weight is 382 g/mol. The van der Waals surface area contributed by atoms with Gasteiger partial charge in [0.25, 0.3) is 0 Å². The Morgan fingerprint density at radius 3 is 2.55 bits per heavy atom. The molecule has 1 aliphatic carbocycles. The minimum atomic E-state index is -3.64. The Morgan fingerprint density at radius 2 is 2.10 bits per heavy atom. The lowest BCUT2D eigenvalue weighted by molar-refractivity contribution is 0.0702. The van der Waals surface area contributed by atoms with Gasteiger partial charge >= 0.3 is 5.97 Å². The molecule has 5 nitrogen and oxygen atoms in total. The molecule has 8 heteroatoms. The standard InChI is InChI=1S/C12H16BrNO4S2/c1-2-14(8-5-3-4-6-8)20(17,18)10-7-9(12(15)16)19-11(10)13/h7-8H,2-6H2,1H3,(H,15,16). The molecule has 1 aromatic heterocycles. The molecule has 1 aliphatic rings. The van der Waals surface area contributed by atoms with Crippen molar-refractivity contribution in [3.05, 3.63) is 14.7 Å². The van der Waals surface area contributed by atoms with Crippen molar-refractivity contribution in [2.45, 2.75) is 43.5 Å². The highest BCUT2D eigenvalue weighted by atomic mass is 79.9. The van der Waals surface area contributed by atoms with E-state index in [0.29, 0.717) is 10.3 Å². The number of aromatic carboxylic acids is 1. The van der Waals surface area contributed by atoms with Crippen LogP contribution < -0.4 is 0 Å². The average Bonchev–Trinajstić information content (AvgIpc) is 2.99. The summed E-state index contributed by atoms with van der Waals surface area (Å²) in [6.07, 6.45) is 3.84. The number of hydrogen-bond donors (Lipinski definition) is 1. The molecular formula is C12H16BrNO4S2. The zero-order valence-corrected chi connectivity index (χ0v) is 14.2. The summed E-state index contributed by atoms with van der Waals surface area (Å²) in [6, 6.07) is 1.27. The summed E-state index contributed by atoms with van der Waals surface area (Å²) >= 11 is 4.11. The van der Waals surface area contributed by atoms with Gasteiger partial charge in [-0.15, -0.1) is 11.3 Å². The normalized spacial score (nSPS) is 16.9. The Morgan fingerprint density at radius 1 is 1.50 bits per heavy atom. The van der Waals surface area contributed by atoms with E-state index in [4.69, 9.17) is 5.11 Å². The highest BCUT2D eigenvalue weighted by molar-refractivity contribution is 9.11. The van der Waals surface area contributed by atoms with E-state index in [9.17, 15) is 13.2 Å². The predicted octanol–water partition coefficient (Wildman–Crippen LogP) is 3.16. The first kappa shape index (κ1) is 15.9. The fourth-order valence-electron chi connectivity index (χ4n) is 2.58. The van der Waals surface area contributed by atoms with Crippen molar-refractivity contribution in [2.75, 3.05) is 6.54 Å². The summed E-state index contributed by atoms with van der Waals surface area (Å²) in [6.45, 7) is 2.21. The lowest BCUT2D eigenvalue weighted by atomic mass is 10.2. The van der Waals surface area contributed by atoms with E-state index < -0.39 is 16.0 Å². The van der Waals surface area contributed by atoms with Crippen molar-refractivity contribution >= 4 is 43.3 Å². The summed E-state index contributed by atoms with van der Waals surface area (Å²) in [4.78, 5) is 11.1. The molecule has 1 fully saturated rings. The second-order valence-corrected chi connectivity index (χ2v) is 8.93. The highest BCUT2D eigenvalue weighted by Gasteiger charge is 2.34. The van der Waals surface area contributed by atoms with Crippen LogP contribution in [0.1, 0.15) is 42.3 Å². The Labute approximate surface area is 130 Å². The van der Waals surface area contributed by atoms with Gasteiger partial charge in [-0.3, -0.25) is 0 Å². The van der Waals surface area contributed by atoms with Gasteiger partial charge in [0.2, 0.25) is 10.0 Å².